The third-order valence-electron chi connectivity index (χ3n) is 3.78. The van der Waals surface area contributed by atoms with E-state index in [9.17, 15) is 4.79 Å². The smallest absolute Gasteiger partial charge is 0.222 e. The van der Waals surface area contributed by atoms with Crippen LogP contribution < -0.4 is 5.32 Å². The second-order valence-electron chi connectivity index (χ2n) is 5.38. The fourth-order valence-electron chi connectivity index (χ4n) is 2.55. The summed E-state index contributed by atoms with van der Waals surface area (Å²) in [5.41, 5.74) is 2.17. The highest BCUT2D eigenvalue weighted by molar-refractivity contribution is 5.79. The number of para-hydroxylation sites is 1. The van der Waals surface area contributed by atoms with Gasteiger partial charge in [-0.15, -0.1) is 0 Å². The number of nitrogens with zero attached hydrogens (tertiary/aromatic N) is 2. The molecule has 0 fully saturated rings. The molecule has 0 aliphatic rings. The van der Waals surface area contributed by atoms with E-state index in [1.54, 1.807) is 0 Å². The molecule has 4 heteroatoms. The van der Waals surface area contributed by atoms with Gasteiger partial charge in [-0.2, -0.15) is 5.10 Å². The first-order valence-corrected chi connectivity index (χ1v) is 7.49. The first kappa shape index (κ1) is 14.3. The van der Waals surface area contributed by atoms with E-state index in [1.807, 2.05) is 72.4 Å². The van der Waals surface area contributed by atoms with Crippen molar-refractivity contribution in [3.05, 3.63) is 66.4 Å². The van der Waals surface area contributed by atoms with Crippen molar-refractivity contribution in [1.29, 1.82) is 0 Å². The molecule has 0 saturated heterocycles. The third-order valence-corrected chi connectivity index (χ3v) is 3.78. The zero-order valence-corrected chi connectivity index (χ0v) is 12.6. The van der Waals surface area contributed by atoms with Gasteiger partial charge >= 0.3 is 0 Å². The van der Waals surface area contributed by atoms with Gasteiger partial charge in [-0.1, -0.05) is 48.5 Å². The second kappa shape index (κ2) is 6.43. The molecule has 0 radical (unpaired) electrons. The number of carbonyl (C=O) groups excluding carboxylic acids is 1. The lowest BCUT2D eigenvalue weighted by Crippen LogP contribution is -2.27. The summed E-state index contributed by atoms with van der Waals surface area (Å²) < 4.78 is 1.88. The van der Waals surface area contributed by atoms with Crippen molar-refractivity contribution in [2.24, 2.45) is 0 Å². The zero-order chi connectivity index (χ0) is 15.4. The first-order valence-electron chi connectivity index (χ1n) is 7.49. The summed E-state index contributed by atoms with van der Waals surface area (Å²) in [4.78, 5) is 12.1. The highest BCUT2D eigenvalue weighted by atomic mass is 16.1. The van der Waals surface area contributed by atoms with Crippen LogP contribution in [0.3, 0.4) is 0 Å². The molecule has 1 unspecified atom stereocenters. The van der Waals surface area contributed by atoms with Crippen LogP contribution in [0.25, 0.3) is 10.9 Å². The summed E-state index contributed by atoms with van der Waals surface area (Å²) in [7, 11) is 0. The van der Waals surface area contributed by atoms with Crippen molar-refractivity contribution in [2.75, 3.05) is 0 Å². The predicted octanol–water partition coefficient (Wildman–Crippen LogP) is 3.30. The number of fused-ring (bicyclic) bond motifs is 1. The lowest BCUT2D eigenvalue weighted by Gasteiger charge is -2.14. The molecular formula is C18H19N3O. The summed E-state index contributed by atoms with van der Waals surface area (Å²) in [5.74, 6) is 0.0379. The quantitative estimate of drug-likeness (QED) is 0.784. The maximum atomic E-state index is 12.1. The second-order valence-corrected chi connectivity index (χ2v) is 5.38. The molecule has 4 nitrogen and oxygen atoms in total. The Kier molecular flexibility index (Phi) is 4.19. The van der Waals surface area contributed by atoms with Crippen LogP contribution in [0.2, 0.25) is 0 Å². The van der Waals surface area contributed by atoms with Crippen LogP contribution in [0.4, 0.5) is 0 Å². The van der Waals surface area contributed by atoms with Crippen molar-refractivity contribution >= 4 is 16.8 Å². The summed E-state index contributed by atoms with van der Waals surface area (Å²) in [6.07, 6.45) is 2.25. The number of nitrogens with one attached hydrogen (secondary N) is 1. The summed E-state index contributed by atoms with van der Waals surface area (Å²) in [5, 5.41) is 8.47. The van der Waals surface area contributed by atoms with E-state index in [0.29, 0.717) is 13.0 Å². The maximum absolute atomic E-state index is 12.1. The van der Waals surface area contributed by atoms with Gasteiger partial charge in [-0.25, -0.2) is 0 Å². The number of aromatic nitrogens is 2. The van der Waals surface area contributed by atoms with E-state index >= 15 is 0 Å². The average molecular weight is 293 g/mol. The summed E-state index contributed by atoms with van der Waals surface area (Å²) >= 11 is 0. The highest BCUT2D eigenvalue weighted by Crippen LogP contribution is 2.14. The fraction of sp³-hybridized carbons (Fsp3) is 0.222. The van der Waals surface area contributed by atoms with Crippen LogP contribution in [0.15, 0.2) is 60.8 Å². The topological polar surface area (TPSA) is 46.9 Å². The van der Waals surface area contributed by atoms with Crippen LogP contribution in [0, 0.1) is 0 Å². The number of hydrogen-bond donors (Lipinski definition) is 1. The van der Waals surface area contributed by atoms with Crippen molar-refractivity contribution in [3.63, 3.8) is 0 Å². The largest absolute Gasteiger partial charge is 0.350 e. The van der Waals surface area contributed by atoms with E-state index < -0.39 is 0 Å². The summed E-state index contributed by atoms with van der Waals surface area (Å²) in [6.45, 7) is 2.58. The lowest BCUT2D eigenvalue weighted by atomic mass is 10.1. The monoisotopic (exact) mass is 293 g/mol. The average Bonchev–Trinajstić information content (AvgIpc) is 2.97. The zero-order valence-electron chi connectivity index (χ0n) is 12.6. The molecular weight excluding hydrogens is 274 g/mol. The molecule has 0 saturated carbocycles. The molecule has 0 aliphatic heterocycles. The van der Waals surface area contributed by atoms with Gasteiger partial charge in [0, 0.05) is 11.8 Å². The lowest BCUT2D eigenvalue weighted by molar-refractivity contribution is -0.122. The van der Waals surface area contributed by atoms with Crippen LogP contribution in [0.1, 0.15) is 24.9 Å². The summed E-state index contributed by atoms with van der Waals surface area (Å²) in [6, 6.07) is 18.0. The molecule has 3 aromatic rings. The number of benzene rings is 2. The fourth-order valence-corrected chi connectivity index (χ4v) is 2.55. The highest BCUT2D eigenvalue weighted by Gasteiger charge is 2.10. The van der Waals surface area contributed by atoms with Crippen LogP contribution in [-0.4, -0.2) is 15.7 Å². The molecule has 1 N–H and O–H groups in total. The Morgan fingerprint density at radius 1 is 1.14 bits per heavy atom. The van der Waals surface area contributed by atoms with Gasteiger partial charge < -0.3 is 5.32 Å². The number of hydrogen-bond acceptors (Lipinski definition) is 2. The Hall–Kier alpha value is -2.62. The van der Waals surface area contributed by atoms with Crippen LogP contribution in [-0.2, 0) is 11.3 Å². The molecule has 0 bridgehead atoms. The maximum Gasteiger partial charge on any atom is 0.222 e. The van der Waals surface area contributed by atoms with Gasteiger partial charge in [0.1, 0.15) is 0 Å². The minimum Gasteiger partial charge on any atom is -0.350 e. The van der Waals surface area contributed by atoms with E-state index in [1.165, 1.54) is 0 Å². The molecule has 1 aromatic heterocycles. The normalized spacial score (nSPS) is 12.2. The van der Waals surface area contributed by atoms with Gasteiger partial charge in [0.2, 0.25) is 5.91 Å². The molecule has 0 aliphatic carbocycles. The molecule has 3 rings (SSSR count). The number of amides is 1. The van der Waals surface area contributed by atoms with Gasteiger partial charge in [0.15, 0.2) is 0 Å². The van der Waals surface area contributed by atoms with E-state index in [4.69, 9.17) is 0 Å². The Morgan fingerprint density at radius 2 is 1.86 bits per heavy atom. The molecule has 0 spiro atoms. The standard InChI is InChI=1S/C18H19N3O/c1-14(15-7-3-2-4-8-15)20-18(22)11-12-21-17-10-6-5-9-16(17)13-19-21/h2-10,13-14H,11-12H2,1H3,(H,20,22). The molecule has 112 valence electrons. The number of rotatable bonds is 5. The van der Waals surface area contributed by atoms with Crippen molar-refractivity contribution in [1.82, 2.24) is 15.1 Å². The van der Waals surface area contributed by atoms with Gasteiger partial charge in [-0.3, -0.25) is 9.48 Å². The van der Waals surface area contributed by atoms with E-state index in [-0.39, 0.29) is 11.9 Å². The molecule has 1 amide bonds. The number of carbonyl (C=O) groups is 1. The van der Waals surface area contributed by atoms with E-state index in [0.717, 1.165) is 16.5 Å². The Bertz CT molecular complexity index is 764. The van der Waals surface area contributed by atoms with Gasteiger partial charge in [-0.05, 0) is 18.6 Å². The first-order chi connectivity index (χ1) is 10.7. The third kappa shape index (κ3) is 3.17. The van der Waals surface area contributed by atoms with Crippen LogP contribution in [0.5, 0.6) is 0 Å². The Morgan fingerprint density at radius 3 is 2.68 bits per heavy atom. The van der Waals surface area contributed by atoms with Crippen molar-refractivity contribution in [2.45, 2.75) is 25.9 Å². The van der Waals surface area contributed by atoms with Crippen molar-refractivity contribution in [3.8, 4) is 0 Å². The number of aryl methyl sites for hydroxylation is 1. The van der Waals surface area contributed by atoms with Crippen LogP contribution >= 0.6 is 0 Å². The van der Waals surface area contributed by atoms with Gasteiger partial charge in [0.25, 0.3) is 0 Å². The molecule has 22 heavy (non-hydrogen) atoms. The van der Waals surface area contributed by atoms with Crippen molar-refractivity contribution < 1.29 is 4.79 Å². The predicted molar refractivity (Wildman–Crippen MR) is 87.3 cm³/mol. The minimum absolute atomic E-state index is 0.0167. The molecule has 1 atom stereocenters. The Balaban J connectivity index is 1.58. The minimum atomic E-state index is 0.0167. The molecule has 2 aromatic carbocycles. The Labute approximate surface area is 129 Å². The SMILES string of the molecule is CC(NC(=O)CCn1ncc2ccccc21)c1ccccc1. The van der Waals surface area contributed by atoms with Gasteiger partial charge in [0.05, 0.1) is 24.3 Å². The van der Waals surface area contributed by atoms with E-state index in [2.05, 4.69) is 10.4 Å². The molecule has 1 heterocycles.